The third-order valence-corrected chi connectivity index (χ3v) is 5.33. The molecule has 6 heteroatoms. The van der Waals surface area contributed by atoms with Crippen LogP contribution in [0.1, 0.15) is 20.7 Å². The number of carbonyl (C=O) groups excluding carboxylic acids is 2. The molecule has 0 spiro atoms. The molecule has 0 unspecified atom stereocenters. The predicted molar refractivity (Wildman–Crippen MR) is 98.6 cm³/mol. The first-order chi connectivity index (χ1) is 11.5. The van der Waals surface area contributed by atoms with Crippen LogP contribution in [0.25, 0.3) is 0 Å². The molecule has 1 aliphatic heterocycles. The Kier molecular flexibility index (Phi) is 4.78. The number of carbonyl (C=O) groups is 2. The first kappa shape index (κ1) is 16.8. The molecule has 24 heavy (non-hydrogen) atoms. The summed E-state index contributed by atoms with van der Waals surface area (Å²) in [6.07, 6.45) is 1.62. The predicted octanol–water partition coefficient (Wildman–Crippen LogP) is 4.50. The van der Waals surface area contributed by atoms with E-state index < -0.39 is 5.97 Å². The van der Waals surface area contributed by atoms with Crippen molar-refractivity contribution in [2.24, 2.45) is 0 Å². The van der Waals surface area contributed by atoms with Gasteiger partial charge in [-0.1, -0.05) is 39.8 Å². The first-order valence-corrected chi connectivity index (χ1v) is 8.76. The fourth-order valence-corrected chi connectivity index (χ4v) is 3.76. The number of allylic oxidation sites excluding steroid dienone is 1. The second-order valence-corrected chi connectivity index (χ2v) is 7.17. The van der Waals surface area contributed by atoms with Gasteiger partial charge in [0.1, 0.15) is 0 Å². The van der Waals surface area contributed by atoms with Crippen LogP contribution in [-0.4, -0.2) is 25.9 Å². The van der Waals surface area contributed by atoms with Crippen LogP contribution in [-0.2, 0) is 4.74 Å². The van der Waals surface area contributed by atoms with Crippen LogP contribution in [0.5, 0.6) is 0 Å². The second-order valence-electron chi connectivity index (χ2n) is 5.19. The zero-order valence-electron chi connectivity index (χ0n) is 13.1. The molecule has 0 radical (unpaired) electrons. The maximum absolute atomic E-state index is 12.5. The van der Waals surface area contributed by atoms with Crippen LogP contribution in [0.2, 0.25) is 0 Å². The minimum atomic E-state index is -0.417. The summed E-state index contributed by atoms with van der Waals surface area (Å²) in [4.78, 5) is 27.0. The highest BCUT2D eigenvalue weighted by Crippen LogP contribution is 2.45. The summed E-state index contributed by atoms with van der Waals surface area (Å²) < 4.78 is 5.65. The summed E-state index contributed by atoms with van der Waals surface area (Å²) in [6.45, 7) is 0. The Hall–Kier alpha value is -2.05. The molecule has 4 nitrogen and oxygen atoms in total. The Morgan fingerprint density at radius 1 is 1.12 bits per heavy atom. The molecule has 0 aliphatic carbocycles. The Labute approximate surface area is 152 Å². The number of benzene rings is 2. The van der Waals surface area contributed by atoms with E-state index in [1.165, 1.54) is 7.11 Å². The van der Waals surface area contributed by atoms with Crippen LogP contribution in [0.4, 0.5) is 5.69 Å². The minimum absolute atomic E-state index is 0.104. The number of fused-ring (bicyclic) bond motifs is 1. The highest BCUT2D eigenvalue weighted by molar-refractivity contribution is 9.10. The van der Waals surface area contributed by atoms with E-state index >= 15 is 0 Å². The molecule has 0 atom stereocenters. The van der Waals surface area contributed by atoms with Gasteiger partial charge in [-0.2, -0.15) is 0 Å². The topological polar surface area (TPSA) is 46.6 Å². The van der Waals surface area contributed by atoms with Crippen molar-refractivity contribution in [3.8, 4) is 0 Å². The zero-order chi connectivity index (χ0) is 17.3. The third-order valence-electron chi connectivity index (χ3n) is 3.67. The maximum Gasteiger partial charge on any atom is 0.337 e. The standard InChI is InChI=1S/C18H14BrNO3S/c1-20-14-9-13(19)7-8-16(14)24-17(20)10-15(21)11-3-5-12(6-4-11)18(22)23-2/h3-10H,1-2H3/b17-10+. The average Bonchev–Trinajstić information content (AvgIpc) is 2.90. The molecule has 0 aromatic heterocycles. The van der Waals surface area contributed by atoms with E-state index in [0.717, 1.165) is 20.1 Å². The van der Waals surface area contributed by atoms with Crippen LogP contribution in [0.3, 0.4) is 0 Å². The molecule has 122 valence electrons. The van der Waals surface area contributed by atoms with E-state index in [2.05, 4.69) is 20.7 Å². The highest BCUT2D eigenvalue weighted by atomic mass is 79.9. The van der Waals surface area contributed by atoms with Gasteiger partial charge in [0.15, 0.2) is 5.78 Å². The van der Waals surface area contributed by atoms with Gasteiger partial charge in [0.05, 0.1) is 23.4 Å². The van der Waals surface area contributed by atoms with Gasteiger partial charge in [-0.3, -0.25) is 4.79 Å². The second kappa shape index (κ2) is 6.83. The van der Waals surface area contributed by atoms with Gasteiger partial charge in [-0.25, -0.2) is 4.79 Å². The molecule has 3 rings (SSSR count). The maximum atomic E-state index is 12.5. The minimum Gasteiger partial charge on any atom is -0.465 e. The molecule has 1 aliphatic rings. The van der Waals surface area contributed by atoms with Gasteiger partial charge >= 0.3 is 5.97 Å². The molecule has 0 saturated heterocycles. The van der Waals surface area contributed by atoms with E-state index in [-0.39, 0.29) is 5.78 Å². The number of hydrogen-bond acceptors (Lipinski definition) is 5. The van der Waals surface area contributed by atoms with Crippen molar-refractivity contribution in [1.82, 2.24) is 0 Å². The van der Waals surface area contributed by atoms with Crippen LogP contribution < -0.4 is 4.90 Å². The summed E-state index contributed by atoms with van der Waals surface area (Å²) in [5, 5.41) is 0.866. The van der Waals surface area contributed by atoms with Crippen molar-refractivity contribution in [3.05, 3.63) is 69.2 Å². The molecular formula is C18H14BrNO3S. The van der Waals surface area contributed by atoms with E-state index in [4.69, 9.17) is 0 Å². The molecule has 0 N–H and O–H groups in total. The van der Waals surface area contributed by atoms with Crippen molar-refractivity contribution >= 4 is 45.1 Å². The van der Waals surface area contributed by atoms with Crippen LogP contribution in [0, 0.1) is 0 Å². The van der Waals surface area contributed by atoms with Gasteiger partial charge in [-0.05, 0) is 30.3 Å². The molecule has 2 aromatic rings. The number of halogens is 1. The number of hydrogen-bond donors (Lipinski definition) is 0. The van der Waals surface area contributed by atoms with Crippen molar-refractivity contribution in [2.75, 3.05) is 19.1 Å². The lowest BCUT2D eigenvalue weighted by Crippen LogP contribution is -2.11. The Balaban J connectivity index is 1.82. The van der Waals surface area contributed by atoms with Gasteiger partial charge in [0.2, 0.25) is 0 Å². The molecule has 2 aromatic carbocycles. The summed E-state index contributed by atoms with van der Waals surface area (Å²) in [6, 6.07) is 12.5. The lowest BCUT2D eigenvalue weighted by Gasteiger charge is -2.13. The molecule has 0 amide bonds. The molecular weight excluding hydrogens is 390 g/mol. The fraction of sp³-hybridized carbons (Fsp3) is 0.111. The summed E-state index contributed by atoms with van der Waals surface area (Å²) >= 11 is 5.02. The van der Waals surface area contributed by atoms with E-state index in [9.17, 15) is 9.59 Å². The van der Waals surface area contributed by atoms with Crippen molar-refractivity contribution in [2.45, 2.75) is 4.90 Å². The number of anilines is 1. The Morgan fingerprint density at radius 2 is 1.79 bits per heavy atom. The van der Waals surface area contributed by atoms with Gasteiger partial charge in [0, 0.05) is 28.1 Å². The van der Waals surface area contributed by atoms with Crippen molar-refractivity contribution < 1.29 is 14.3 Å². The molecule has 0 fully saturated rings. The van der Waals surface area contributed by atoms with Crippen LogP contribution in [0.15, 0.2) is 62.9 Å². The normalized spacial score (nSPS) is 14.6. The van der Waals surface area contributed by atoms with Gasteiger partial charge in [0.25, 0.3) is 0 Å². The van der Waals surface area contributed by atoms with E-state index in [1.54, 1.807) is 42.1 Å². The number of nitrogens with zero attached hydrogens (tertiary/aromatic N) is 1. The molecule has 0 saturated carbocycles. The monoisotopic (exact) mass is 403 g/mol. The first-order valence-electron chi connectivity index (χ1n) is 7.15. The summed E-state index contributed by atoms with van der Waals surface area (Å²) in [5.41, 5.74) is 2.02. The van der Waals surface area contributed by atoms with E-state index in [0.29, 0.717) is 11.1 Å². The Morgan fingerprint density at radius 3 is 2.46 bits per heavy atom. The zero-order valence-corrected chi connectivity index (χ0v) is 15.5. The number of rotatable bonds is 3. The van der Waals surface area contributed by atoms with Gasteiger partial charge in [-0.15, -0.1) is 0 Å². The lowest BCUT2D eigenvalue weighted by atomic mass is 10.1. The number of ketones is 1. The van der Waals surface area contributed by atoms with E-state index in [1.807, 2.05) is 30.1 Å². The number of methoxy groups -OCH3 is 1. The van der Waals surface area contributed by atoms with Crippen LogP contribution >= 0.6 is 27.7 Å². The lowest BCUT2D eigenvalue weighted by molar-refractivity contribution is 0.0600. The summed E-state index contributed by atoms with van der Waals surface area (Å²) in [5.74, 6) is -0.521. The quantitative estimate of drug-likeness (QED) is 0.428. The number of esters is 1. The van der Waals surface area contributed by atoms with Crippen molar-refractivity contribution in [3.63, 3.8) is 0 Å². The molecule has 0 bridgehead atoms. The SMILES string of the molecule is COC(=O)c1ccc(C(=O)/C=C2/Sc3ccc(Br)cc3N2C)cc1. The van der Waals surface area contributed by atoms with Gasteiger partial charge < -0.3 is 9.64 Å². The smallest absolute Gasteiger partial charge is 0.337 e. The molecule has 1 heterocycles. The fourth-order valence-electron chi connectivity index (χ4n) is 2.35. The number of ether oxygens (including phenoxy) is 1. The Bertz CT molecular complexity index is 846. The summed E-state index contributed by atoms with van der Waals surface area (Å²) in [7, 11) is 3.26. The number of thioether (sulfide) groups is 1. The largest absolute Gasteiger partial charge is 0.465 e. The highest BCUT2D eigenvalue weighted by Gasteiger charge is 2.23. The third kappa shape index (κ3) is 3.25. The van der Waals surface area contributed by atoms with Crippen molar-refractivity contribution in [1.29, 1.82) is 0 Å². The average molecular weight is 404 g/mol.